The van der Waals surface area contributed by atoms with E-state index in [1.807, 2.05) is 13.0 Å². The van der Waals surface area contributed by atoms with Gasteiger partial charge in [-0.2, -0.15) is 0 Å². The molecule has 0 aliphatic rings. The van der Waals surface area contributed by atoms with E-state index in [9.17, 15) is 0 Å². The molecule has 1 heteroatoms. The number of hydrogen-bond donors (Lipinski definition) is 0. The van der Waals surface area contributed by atoms with Crippen molar-refractivity contribution in [2.24, 2.45) is 0 Å². The first-order valence-electron chi connectivity index (χ1n) is 3.76. The maximum Gasteiger partial charge on any atom is 0.0960 e. The van der Waals surface area contributed by atoms with Crippen molar-refractivity contribution in [1.29, 1.82) is 0 Å². The fourth-order valence-electron chi connectivity index (χ4n) is 0.597. The first kappa shape index (κ1) is 9.28. The van der Waals surface area contributed by atoms with Gasteiger partial charge in [0.05, 0.1) is 12.0 Å². The molecule has 0 aliphatic heterocycles. The van der Waals surface area contributed by atoms with E-state index in [1.165, 1.54) is 6.42 Å². The topological polar surface area (TPSA) is 9.23 Å². The van der Waals surface area contributed by atoms with Crippen LogP contribution in [-0.2, 0) is 4.74 Å². The summed E-state index contributed by atoms with van der Waals surface area (Å²) in [6.07, 6.45) is 6.85. The molecule has 0 aliphatic carbocycles. The van der Waals surface area contributed by atoms with Crippen molar-refractivity contribution < 1.29 is 4.74 Å². The molecule has 0 bridgehead atoms. The van der Waals surface area contributed by atoms with Crippen molar-refractivity contribution in [3.05, 3.63) is 24.7 Å². The zero-order chi connectivity index (χ0) is 7.82. The minimum atomic E-state index is 0.861. The molecule has 0 N–H and O–H groups in total. The Morgan fingerprint density at radius 3 is 2.80 bits per heavy atom. The minimum absolute atomic E-state index is 0.861. The lowest BCUT2D eigenvalue weighted by atomic mass is 10.2. The zero-order valence-electron chi connectivity index (χ0n) is 6.89. The van der Waals surface area contributed by atoms with Crippen molar-refractivity contribution in [3.8, 4) is 0 Å². The van der Waals surface area contributed by atoms with Crippen molar-refractivity contribution in [2.45, 2.75) is 33.1 Å². The quantitative estimate of drug-likeness (QED) is 0.533. The second-order valence-corrected chi connectivity index (χ2v) is 2.23. The van der Waals surface area contributed by atoms with Crippen LogP contribution in [0.3, 0.4) is 0 Å². The molecular formula is C9H16O. The molecule has 0 aromatic rings. The number of rotatable bonds is 5. The zero-order valence-corrected chi connectivity index (χ0v) is 6.89. The third-order valence-electron chi connectivity index (χ3n) is 1.18. The van der Waals surface area contributed by atoms with Gasteiger partial charge < -0.3 is 4.74 Å². The molecule has 0 spiro atoms. The standard InChI is InChI=1S/C9H16O/c1-4-6-7-9(3)10-8-5-2/h5,8H,3-4,6-7H2,1-2H3/b8-5-. The van der Waals surface area contributed by atoms with Crippen LogP contribution in [0.25, 0.3) is 0 Å². The second-order valence-electron chi connectivity index (χ2n) is 2.23. The van der Waals surface area contributed by atoms with Crippen LogP contribution in [-0.4, -0.2) is 0 Å². The van der Waals surface area contributed by atoms with Crippen molar-refractivity contribution >= 4 is 0 Å². The van der Waals surface area contributed by atoms with Gasteiger partial charge in [0.1, 0.15) is 0 Å². The summed E-state index contributed by atoms with van der Waals surface area (Å²) in [5.41, 5.74) is 0. The lowest BCUT2D eigenvalue weighted by Crippen LogP contribution is -1.82. The fraction of sp³-hybridized carbons (Fsp3) is 0.556. The molecule has 0 aromatic carbocycles. The number of unbranched alkanes of at least 4 members (excludes halogenated alkanes) is 1. The molecule has 0 heterocycles. The average Bonchev–Trinajstić information content (AvgIpc) is 1.97. The van der Waals surface area contributed by atoms with E-state index in [0.29, 0.717) is 0 Å². The molecule has 0 radical (unpaired) electrons. The number of ether oxygens (including phenoxy) is 1. The molecule has 0 unspecified atom stereocenters. The summed E-state index contributed by atoms with van der Waals surface area (Å²) in [6.45, 7) is 7.84. The van der Waals surface area contributed by atoms with Crippen LogP contribution in [0, 0.1) is 0 Å². The van der Waals surface area contributed by atoms with Crippen LogP contribution in [0.5, 0.6) is 0 Å². The van der Waals surface area contributed by atoms with E-state index in [1.54, 1.807) is 6.26 Å². The fourth-order valence-corrected chi connectivity index (χ4v) is 0.597. The van der Waals surface area contributed by atoms with Gasteiger partial charge in [0.2, 0.25) is 0 Å². The van der Waals surface area contributed by atoms with Crippen molar-refractivity contribution in [1.82, 2.24) is 0 Å². The smallest absolute Gasteiger partial charge is 0.0960 e. The monoisotopic (exact) mass is 140 g/mol. The SMILES string of the molecule is C=C(CCCC)O/C=C\C. The summed E-state index contributed by atoms with van der Waals surface area (Å²) in [6, 6.07) is 0. The highest BCUT2D eigenvalue weighted by Gasteiger charge is 1.89. The Kier molecular flexibility index (Phi) is 5.94. The lowest BCUT2D eigenvalue weighted by Gasteiger charge is -2.01. The predicted molar refractivity (Wildman–Crippen MR) is 44.6 cm³/mol. The molecule has 10 heavy (non-hydrogen) atoms. The van der Waals surface area contributed by atoms with Gasteiger partial charge in [-0.3, -0.25) is 0 Å². The summed E-state index contributed by atoms with van der Waals surface area (Å²) in [7, 11) is 0. The van der Waals surface area contributed by atoms with Gasteiger partial charge in [-0.15, -0.1) is 0 Å². The van der Waals surface area contributed by atoms with Crippen LogP contribution >= 0.6 is 0 Å². The number of hydrogen-bond acceptors (Lipinski definition) is 1. The Morgan fingerprint density at radius 1 is 1.60 bits per heavy atom. The highest BCUT2D eigenvalue weighted by atomic mass is 16.5. The third-order valence-corrected chi connectivity index (χ3v) is 1.18. The Bertz CT molecular complexity index is 114. The Hall–Kier alpha value is -0.720. The van der Waals surface area contributed by atoms with Crippen molar-refractivity contribution in [2.75, 3.05) is 0 Å². The summed E-state index contributed by atoms with van der Waals surface area (Å²) in [4.78, 5) is 0. The molecule has 0 saturated carbocycles. The van der Waals surface area contributed by atoms with Gasteiger partial charge in [-0.1, -0.05) is 26.0 Å². The predicted octanol–water partition coefficient (Wildman–Crippen LogP) is 3.24. The molecule has 0 saturated heterocycles. The van der Waals surface area contributed by atoms with Gasteiger partial charge in [0.15, 0.2) is 0 Å². The maximum absolute atomic E-state index is 5.12. The van der Waals surface area contributed by atoms with E-state index >= 15 is 0 Å². The summed E-state index contributed by atoms with van der Waals surface area (Å²) >= 11 is 0. The first-order chi connectivity index (χ1) is 4.81. The second kappa shape index (κ2) is 6.40. The highest BCUT2D eigenvalue weighted by Crippen LogP contribution is 2.05. The molecule has 0 aromatic heterocycles. The van der Waals surface area contributed by atoms with Crippen LogP contribution in [0.4, 0.5) is 0 Å². The van der Waals surface area contributed by atoms with E-state index < -0.39 is 0 Å². The largest absolute Gasteiger partial charge is 0.470 e. The van der Waals surface area contributed by atoms with Gasteiger partial charge in [0, 0.05) is 6.42 Å². The van der Waals surface area contributed by atoms with E-state index in [4.69, 9.17) is 4.74 Å². The molecular weight excluding hydrogens is 124 g/mol. The van der Waals surface area contributed by atoms with Gasteiger partial charge in [-0.05, 0) is 13.3 Å². The first-order valence-corrected chi connectivity index (χ1v) is 3.76. The van der Waals surface area contributed by atoms with E-state index in [2.05, 4.69) is 13.5 Å². The maximum atomic E-state index is 5.12. The van der Waals surface area contributed by atoms with Gasteiger partial charge >= 0.3 is 0 Å². The highest BCUT2D eigenvalue weighted by molar-refractivity contribution is 4.85. The molecule has 0 fully saturated rings. The minimum Gasteiger partial charge on any atom is -0.470 e. The van der Waals surface area contributed by atoms with Crippen LogP contribution in [0.1, 0.15) is 33.1 Å². The molecule has 0 rings (SSSR count). The summed E-state index contributed by atoms with van der Waals surface area (Å²) in [5, 5.41) is 0. The number of allylic oxidation sites excluding steroid dienone is 2. The van der Waals surface area contributed by atoms with E-state index in [-0.39, 0.29) is 0 Å². The third kappa shape index (κ3) is 5.42. The average molecular weight is 140 g/mol. The van der Waals surface area contributed by atoms with Gasteiger partial charge in [0.25, 0.3) is 0 Å². The van der Waals surface area contributed by atoms with Crippen LogP contribution < -0.4 is 0 Å². The Balaban J connectivity index is 3.25. The Labute approximate surface area is 63.4 Å². The molecule has 0 atom stereocenters. The normalized spacial score (nSPS) is 10.2. The van der Waals surface area contributed by atoms with Crippen LogP contribution in [0.15, 0.2) is 24.7 Å². The molecule has 0 amide bonds. The molecule has 58 valence electrons. The van der Waals surface area contributed by atoms with E-state index in [0.717, 1.165) is 18.6 Å². The molecule has 1 nitrogen and oxygen atoms in total. The van der Waals surface area contributed by atoms with Crippen molar-refractivity contribution in [3.63, 3.8) is 0 Å². The van der Waals surface area contributed by atoms with Gasteiger partial charge in [-0.25, -0.2) is 0 Å². The summed E-state index contributed by atoms with van der Waals surface area (Å²) < 4.78 is 5.12. The Morgan fingerprint density at radius 2 is 2.30 bits per heavy atom. The lowest BCUT2D eigenvalue weighted by molar-refractivity contribution is 0.331. The van der Waals surface area contributed by atoms with Crippen LogP contribution in [0.2, 0.25) is 0 Å². The summed E-state index contributed by atoms with van der Waals surface area (Å²) in [5.74, 6) is 0.861.